The highest BCUT2D eigenvalue weighted by Crippen LogP contribution is 2.27. The molecule has 4 nitrogen and oxygen atoms in total. The second kappa shape index (κ2) is 6.22. The normalized spacial score (nSPS) is 34.4. The van der Waals surface area contributed by atoms with Crippen LogP contribution >= 0.6 is 12.4 Å². The number of amides is 1. The van der Waals surface area contributed by atoms with Gasteiger partial charge in [0.2, 0.25) is 5.91 Å². The maximum Gasteiger partial charge on any atom is 0.222 e. The van der Waals surface area contributed by atoms with Crippen molar-refractivity contribution in [3.05, 3.63) is 0 Å². The Kier molecular flexibility index (Phi) is 4.87. The molecule has 0 spiro atoms. The van der Waals surface area contributed by atoms with Crippen molar-refractivity contribution in [1.29, 1.82) is 0 Å². The number of hydrogen-bond donors (Lipinski definition) is 1. The third-order valence-corrected chi connectivity index (χ3v) is 4.45. The molecule has 3 aliphatic rings. The van der Waals surface area contributed by atoms with Crippen molar-refractivity contribution in [3.63, 3.8) is 0 Å². The van der Waals surface area contributed by atoms with Gasteiger partial charge in [0.15, 0.2) is 0 Å². The van der Waals surface area contributed by atoms with E-state index < -0.39 is 0 Å². The minimum atomic E-state index is 0. The molecule has 0 aromatic rings. The Morgan fingerprint density at radius 3 is 2.61 bits per heavy atom. The molecule has 0 saturated carbocycles. The number of carbonyl (C=O) groups excluding carboxylic acids is 1. The fraction of sp³-hybridized carbons (Fsp3) is 0.923. The highest BCUT2D eigenvalue weighted by Gasteiger charge is 2.37. The Bertz CT molecular complexity index is 283. The number of rotatable bonds is 3. The zero-order valence-corrected chi connectivity index (χ0v) is 11.6. The molecule has 0 aliphatic carbocycles. The zero-order valence-electron chi connectivity index (χ0n) is 10.8. The van der Waals surface area contributed by atoms with Crippen molar-refractivity contribution in [3.8, 4) is 0 Å². The van der Waals surface area contributed by atoms with Crippen molar-refractivity contribution >= 4 is 18.3 Å². The van der Waals surface area contributed by atoms with Crippen LogP contribution in [0.25, 0.3) is 0 Å². The van der Waals surface area contributed by atoms with Crippen LogP contribution in [-0.4, -0.2) is 49.7 Å². The summed E-state index contributed by atoms with van der Waals surface area (Å²) in [7, 11) is 0. The molecule has 5 heteroatoms. The Labute approximate surface area is 115 Å². The maximum atomic E-state index is 12.1. The van der Waals surface area contributed by atoms with Crippen molar-refractivity contribution < 1.29 is 9.53 Å². The van der Waals surface area contributed by atoms with E-state index in [9.17, 15) is 4.79 Å². The fourth-order valence-electron chi connectivity index (χ4n) is 3.37. The van der Waals surface area contributed by atoms with E-state index in [-0.39, 0.29) is 12.4 Å². The van der Waals surface area contributed by atoms with E-state index in [0.29, 0.717) is 30.3 Å². The summed E-state index contributed by atoms with van der Waals surface area (Å²) in [4.78, 5) is 14.2. The Morgan fingerprint density at radius 1 is 1.28 bits per heavy atom. The summed E-state index contributed by atoms with van der Waals surface area (Å²) in [6, 6.07) is 0. The van der Waals surface area contributed by atoms with Crippen LogP contribution in [0.1, 0.15) is 25.7 Å². The SMILES string of the molecule is Cl.O=C(CCC1CCCO1)N1C[C@H]2CNC[C@H]2C1. The lowest BCUT2D eigenvalue weighted by molar-refractivity contribution is -0.131. The molecule has 0 aromatic carbocycles. The van der Waals surface area contributed by atoms with Gasteiger partial charge in [-0.25, -0.2) is 0 Å². The molecule has 104 valence electrons. The van der Waals surface area contributed by atoms with Gasteiger partial charge in [-0.2, -0.15) is 0 Å². The summed E-state index contributed by atoms with van der Waals surface area (Å²) in [6.07, 6.45) is 4.25. The summed E-state index contributed by atoms with van der Waals surface area (Å²) in [6.45, 7) is 5.03. The minimum Gasteiger partial charge on any atom is -0.378 e. The maximum absolute atomic E-state index is 12.1. The number of hydrogen-bond acceptors (Lipinski definition) is 3. The van der Waals surface area contributed by atoms with Crippen LogP contribution < -0.4 is 5.32 Å². The van der Waals surface area contributed by atoms with E-state index in [1.165, 1.54) is 6.42 Å². The molecule has 3 rings (SSSR count). The average molecular weight is 275 g/mol. The van der Waals surface area contributed by atoms with Gasteiger partial charge in [-0.05, 0) is 31.1 Å². The highest BCUT2D eigenvalue weighted by molar-refractivity contribution is 5.85. The zero-order chi connectivity index (χ0) is 11.7. The van der Waals surface area contributed by atoms with Crippen LogP contribution in [0.15, 0.2) is 0 Å². The summed E-state index contributed by atoms with van der Waals surface area (Å²) in [5.74, 6) is 1.76. The Hall–Kier alpha value is -0.320. The van der Waals surface area contributed by atoms with E-state index in [4.69, 9.17) is 4.74 Å². The number of halogens is 1. The van der Waals surface area contributed by atoms with Crippen LogP contribution in [0.5, 0.6) is 0 Å². The number of nitrogens with one attached hydrogen (secondary N) is 1. The van der Waals surface area contributed by atoms with E-state index in [0.717, 1.165) is 45.6 Å². The summed E-state index contributed by atoms with van der Waals surface area (Å²) >= 11 is 0. The summed E-state index contributed by atoms with van der Waals surface area (Å²) in [5, 5.41) is 3.40. The van der Waals surface area contributed by atoms with Gasteiger partial charge < -0.3 is 15.0 Å². The quantitative estimate of drug-likeness (QED) is 0.836. The molecule has 0 bridgehead atoms. The molecule has 3 fully saturated rings. The monoisotopic (exact) mass is 274 g/mol. The standard InChI is InChI=1S/C13H22N2O2.ClH/c16-13(4-3-12-2-1-5-17-12)15-8-10-6-14-7-11(10)9-15;/h10-12,14H,1-9H2;1H/t10-,11+,12?;. The molecule has 3 atom stereocenters. The van der Waals surface area contributed by atoms with Crippen LogP contribution in [-0.2, 0) is 9.53 Å². The largest absolute Gasteiger partial charge is 0.378 e. The lowest BCUT2D eigenvalue weighted by Crippen LogP contribution is -2.32. The smallest absolute Gasteiger partial charge is 0.222 e. The highest BCUT2D eigenvalue weighted by atomic mass is 35.5. The lowest BCUT2D eigenvalue weighted by atomic mass is 10.0. The van der Waals surface area contributed by atoms with E-state index in [1.54, 1.807) is 0 Å². The first-order valence-electron chi connectivity index (χ1n) is 6.93. The second-order valence-electron chi connectivity index (χ2n) is 5.65. The van der Waals surface area contributed by atoms with Crippen molar-refractivity contribution in [2.45, 2.75) is 31.8 Å². The van der Waals surface area contributed by atoms with Crippen LogP contribution in [0.2, 0.25) is 0 Å². The fourth-order valence-corrected chi connectivity index (χ4v) is 3.37. The van der Waals surface area contributed by atoms with Gasteiger partial charge in [0.1, 0.15) is 0 Å². The van der Waals surface area contributed by atoms with Crippen molar-refractivity contribution in [2.75, 3.05) is 32.8 Å². The lowest BCUT2D eigenvalue weighted by Gasteiger charge is -2.18. The number of likely N-dealkylation sites (tertiary alicyclic amines) is 1. The van der Waals surface area contributed by atoms with E-state index >= 15 is 0 Å². The predicted octanol–water partition coefficient (Wildman–Crippen LogP) is 1.05. The van der Waals surface area contributed by atoms with Gasteiger partial charge in [-0.1, -0.05) is 0 Å². The number of carbonyl (C=O) groups is 1. The molecule has 3 aliphatic heterocycles. The first kappa shape index (κ1) is 14.1. The predicted molar refractivity (Wildman–Crippen MR) is 71.9 cm³/mol. The molecule has 1 amide bonds. The van der Waals surface area contributed by atoms with Gasteiger partial charge in [0.05, 0.1) is 6.10 Å². The Balaban J connectivity index is 0.00000120. The van der Waals surface area contributed by atoms with Crippen LogP contribution in [0.4, 0.5) is 0 Å². The first-order valence-corrected chi connectivity index (χ1v) is 6.93. The van der Waals surface area contributed by atoms with E-state index in [1.807, 2.05) is 0 Å². The molecule has 3 heterocycles. The van der Waals surface area contributed by atoms with Gasteiger partial charge in [0, 0.05) is 39.2 Å². The van der Waals surface area contributed by atoms with Crippen LogP contribution in [0, 0.1) is 11.8 Å². The molecule has 3 saturated heterocycles. The molecule has 0 radical (unpaired) electrons. The molecule has 1 N–H and O–H groups in total. The molecule has 1 unspecified atom stereocenters. The number of ether oxygens (including phenoxy) is 1. The molecule has 18 heavy (non-hydrogen) atoms. The van der Waals surface area contributed by atoms with Gasteiger partial charge in [-0.3, -0.25) is 4.79 Å². The average Bonchev–Trinajstić information content (AvgIpc) is 3.01. The van der Waals surface area contributed by atoms with Gasteiger partial charge in [-0.15, -0.1) is 12.4 Å². The van der Waals surface area contributed by atoms with Gasteiger partial charge >= 0.3 is 0 Å². The van der Waals surface area contributed by atoms with Crippen molar-refractivity contribution in [1.82, 2.24) is 10.2 Å². The topological polar surface area (TPSA) is 41.6 Å². The third-order valence-electron chi connectivity index (χ3n) is 4.45. The van der Waals surface area contributed by atoms with Gasteiger partial charge in [0.25, 0.3) is 0 Å². The van der Waals surface area contributed by atoms with Crippen molar-refractivity contribution in [2.24, 2.45) is 11.8 Å². The Morgan fingerprint density at radius 2 is 2.00 bits per heavy atom. The molecular formula is C13H23ClN2O2. The van der Waals surface area contributed by atoms with Crippen LogP contribution in [0.3, 0.4) is 0 Å². The first-order chi connectivity index (χ1) is 8.33. The molecular weight excluding hydrogens is 252 g/mol. The van der Waals surface area contributed by atoms with E-state index in [2.05, 4.69) is 10.2 Å². The number of nitrogens with zero attached hydrogens (tertiary/aromatic N) is 1. The molecule has 0 aromatic heterocycles. The summed E-state index contributed by atoms with van der Waals surface area (Å²) < 4.78 is 5.56. The summed E-state index contributed by atoms with van der Waals surface area (Å²) in [5.41, 5.74) is 0. The second-order valence-corrected chi connectivity index (χ2v) is 5.65. The third kappa shape index (κ3) is 2.98. The number of fused-ring (bicyclic) bond motifs is 1. The minimum absolute atomic E-state index is 0.